The number of nitrogens with one attached hydrogen (secondary N) is 1. The van der Waals surface area contributed by atoms with Crippen LogP contribution in [0.1, 0.15) is 10.5 Å². The second-order valence-electron chi connectivity index (χ2n) is 3.93. The number of methoxy groups -OCH3 is 1. The van der Waals surface area contributed by atoms with E-state index in [-0.39, 0.29) is 28.6 Å². The van der Waals surface area contributed by atoms with E-state index in [1.165, 1.54) is 37.7 Å². The first-order chi connectivity index (χ1) is 10.0. The molecule has 1 amide bonds. The Morgan fingerprint density at radius 1 is 1.43 bits per heavy atom. The topological polar surface area (TPSA) is 133 Å². The summed E-state index contributed by atoms with van der Waals surface area (Å²) >= 11 is 0. The number of anilines is 2. The molecule has 2 aromatic rings. The lowest BCUT2D eigenvalue weighted by Gasteiger charge is -2.06. The van der Waals surface area contributed by atoms with Crippen LogP contribution in [-0.4, -0.2) is 27.9 Å². The Labute approximate surface area is 118 Å². The number of nitro groups is 1. The van der Waals surface area contributed by atoms with E-state index < -0.39 is 10.8 Å². The smallest absolute Gasteiger partial charge is 0.312 e. The molecule has 0 spiro atoms. The molecule has 1 aromatic carbocycles. The number of nitrogen functional groups attached to an aromatic ring is 1. The quantitative estimate of drug-likeness (QED) is 0.638. The number of rotatable bonds is 4. The molecule has 0 fully saturated rings. The van der Waals surface area contributed by atoms with Crippen molar-refractivity contribution >= 4 is 23.1 Å². The molecule has 0 bridgehead atoms. The third kappa shape index (κ3) is 3.21. The zero-order valence-corrected chi connectivity index (χ0v) is 10.9. The second-order valence-corrected chi connectivity index (χ2v) is 3.93. The number of nitrogens with two attached hydrogens (primary N) is 1. The van der Waals surface area contributed by atoms with Crippen molar-refractivity contribution in [2.75, 3.05) is 18.2 Å². The fourth-order valence-electron chi connectivity index (χ4n) is 1.60. The molecule has 9 heteroatoms. The molecule has 9 nitrogen and oxygen atoms in total. The van der Waals surface area contributed by atoms with E-state index in [2.05, 4.69) is 15.3 Å². The number of aromatic nitrogens is 2. The Morgan fingerprint density at radius 3 is 2.81 bits per heavy atom. The molecule has 1 heterocycles. The fourth-order valence-corrected chi connectivity index (χ4v) is 1.60. The van der Waals surface area contributed by atoms with Gasteiger partial charge in [0.15, 0.2) is 5.75 Å². The molecule has 0 saturated carbocycles. The van der Waals surface area contributed by atoms with Crippen molar-refractivity contribution < 1.29 is 14.5 Å². The predicted molar refractivity (Wildman–Crippen MR) is 74.0 cm³/mol. The highest BCUT2D eigenvalue weighted by molar-refractivity contribution is 6.03. The number of nitrogens with zero attached hydrogens (tertiary/aromatic N) is 3. The minimum atomic E-state index is -0.602. The Kier molecular flexibility index (Phi) is 3.93. The van der Waals surface area contributed by atoms with Crippen molar-refractivity contribution in [2.24, 2.45) is 0 Å². The van der Waals surface area contributed by atoms with Crippen LogP contribution in [0.4, 0.5) is 17.2 Å². The second kappa shape index (κ2) is 5.82. The molecule has 1 aromatic heterocycles. The van der Waals surface area contributed by atoms with Gasteiger partial charge >= 0.3 is 5.69 Å². The van der Waals surface area contributed by atoms with E-state index in [0.29, 0.717) is 0 Å². The molecule has 0 unspecified atom stereocenters. The number of ether oxygens (including phenoxy) is 1. The average Bonchev–Trinajstić information content (AvgIpc) is 2.47. The summed E-state index contributed by atoms with van der Waals surface area (Å²) in [7, 11) is 1.32. The van der Waals surface area contributed by atoms with Gasteiger partial charge in [0, 0.05) is 11.8 Å². The molecule has 0 radical (unpaired) electrons. The van der Waals surface area contributed by atoms with Crippen LogP contribution in [-0.2, 0) is 0 Å². The number of hydrogen-bond donors (Lipinski definition) is 2. The molecule has 0 aliphatic heterocycles. The van der Waals surface area contributed by atoms with Crippen molar-refractivity contribution in [3.8, 4) is 5.75 Å². The maximum Gasteiger partial charge on any atom is 0.312 e. The van der Waals surface area contributed by atoms with Crippen molar-refractivity contribution in [2.45, 2.75) is 0 Å². The minimum Gasteiger partial charge on any atom is -0.490 e. The molecule has 3 N–H and O–H groups in total. The standard InChI is InChI=1S/C12H11N5O4/c1-21-10-3-2-7(4-9(10)17(19)20)15-12(18)8-5-14-6-11(13)16-8/h2-6H,1H3,(H2,13,16)(H,15,18). The van der Waals surface area contributed by atoms with Crippen LogP contribution in [0, 0.1) is 10.1 Å². The van der Waals surface area contributed by atoms with Gasteiger partial charge in [0.25, 0.3) is 5.91 Å². The highest BCUT2D eigenvalue weighted by Crippen LogP contribution is 2.29. The zero-order chi connectivity index (χ0) is 15.4. The predicted octanol–water partition coefficient (Wildman–Crippen LogP) is 1.23. The Balaban J connectivity index is 2.25. The van der Waals surface area contributed by atoms with Gasteiger partial charge in [0.05, 0.1) is 24.4 Å². The van der Waals surface area contributed by atoms with Crippen LogP contribution < -0.4 is 15.8 Å². The fraction of sp³-hybridized carbons (Fsp3) is 0.0833. The van der Waals surface area contributed by atoms with Gasteiger partial charge in [-0.25, -0.2) is 4.98 Å². The van der Waals surface area contributed by atoms with Gasteiger partial charge in [-0.1, -0.05) is 0 Å². The van der Waals surface area contributed by atoms with Gasteiger partial charge in [0.2, 0.25) is 0 Å². The summed E-state index contributed by atoms with van der Waals surface area (Å²) in [5, 5.41) is 13.4. The minimum absolute atomic E-state index is 0.00784. The maximum atomic E-state index is 11.9. The molecule has 0 aliphatic carbocycles. The van der Waals surface area contributed by atoms with E-state index in [4.69, 9.17) is 10.5 Å². The monoisotopic (exact) mass is 289 g/mol. The normalized spacial score (nSPS) is 9.95. The molecular weight excluding hydrogens is 278 g/mol. The van der Waals surface area contributed by atoms with Crippen LogP contribution >= 0.6 is 0 Å². The third-order valence-corrected chi connectivity index (χ3v) is 2.52. The molecule has 0 aliphatic rings. The van der Waals surface area contributed by atoms with Gasteiger partial charge in [0.1, 0.15) is 11.5 Å². The SMILES string of the molecule is COc1ccc(NC(=O)c2cncc(N)n2)cc1[N+](=O)[O-]. The van der Waals surface area contributed by atoms with Crippen molar-refractivity contribution in [1.82, 2.24) is 9.97 Å². The first-order valence-electron chi connectivity index (χ1n) is 5.72. The van der Waals surface area contributed by atoms with Crippen LogP contribution in [0.3, 0.4) is 0 Å². The van der Waals surface area contributed by atoms with Gasteiger partial charge in [-0.2, -0.15) is 0 Å². The summed E-state index contributed by atoms with van der Waals surface area (Å²) in [5.74, 6) is -0.376. The summed E-state index contributed by atoms with van der Waals surface area (Å²) in [6, 6.07) is 4.05. The molecule has 21 heavy (non-hydrogen) atoms. The number of carbonyl (C=O) groups excluding carboxylic acids is 1. The molecular formula is C12H11N5O4. The van der Waals surface area contributed by atoms with Crippen LogP contribution in [0.5, 0.6) is 5.75 Å². The summed E-state index contributed by atoms with van der Waals surface area (Å²) in [6.45, 7) is 0. The largest absolute Gasteiger partial charge is 0.490 e. The summed E-state index contributed by atoms with van der Waals surface area (Å²) in [6.07, 6.45) is 2.54. The van der Waals surface area contributed by atoms with Crippen LogP contribution in [0.25, 0.3) is 0 Å². The highest BCUT2D eigenvalue weighted by atomic mass is 16.6. The van der Waals surface area contributed by atoms with Gasteiger partial charge in [-0.3, -0.25) is 19.9 Å². The number of carbonyl (C=O) groups is 1. The van der Waals surface area contributed by atoms with Crippen LogP contribution in [0.2, 0.25) is 0 Å². The first-order valence-corrected chi connectivity index (χ1v) is 5.72. The van der Waals surface area contributed by atoms with Crippen molar-refractivity contribution in [1.29, 1.82) is 0 Å². The molecule has 2 rings (SSSR count). The van der Waals surface area contributed by atoms with E-state index in [0.717, 1.165) is 0 Å². The zero-order valence-electron chi connectivity index (χ0n) is 10.9. The Morgan fingerprint density at radius 2 is 2.19 bits per heavy atom. The summed E-state index contributed by atoms with van der Waals surface area (Å²) in [5.41, 5.74) is 5.42. The first kappa shape index (κ1) is 14.2. The summed E-state index contributed by atoms with van der Waals surface area (Å²) in [4.78, 5) is 29.8. The van der Waals surface area contributed by atoms with E-state index in [9.17, 15) is 14.9 Å². The lowest BCUT2D eigenvalue weighted by atomic mass is 10.2. The summed E-state index contributed by atoms with van der Waals surface area (Å²) < 4.78 is 4.87. The molecule has 0 saturated heterocycles. The molecule has 0 atom stereocenters. The average molecular weight is 289 g/mol. The van der Waals surface area contributed by atoms with E-state index >= 15 is 0 Å². The van der Waals surface area contributed by atoms with Gasteiger partial charge < -0.3 is 15.8 Å². The lowest BCUT2D eigenvalue weighted by Crippen LogP contribution is -2.15. The van der Waals surface area contributed by atoms with E-state index in [1.807, 2.05) is 0 Å². The number of benzene rings is 1. The number of amides is 1. The van der Waals surface area contributed by atoms with E-state index in [1.54, 1.807) is 0 Å². The Bertz CT molecular complexity index is 704. The number of nitro benzene ring substituents is 1. The van der Waals surface area contributed by atoms with Gasteiger partial charge in [-0.05, 0) is 12.1 Å². The maximum absolute atomic E-state index is 11.9. The van der Waals surface area contributed by atoms with Crippen molar-refractivity contribution in [3.63, 3.8) is 0 Å². The highest BCUT2D eigenvalue weighted by Gasteiger charge is 2.17. The van der Waals surface area contributed by atoms with Gasteiger partial charge in [-0.15, -0.1) is 0 Å². The number of hydrogen-bond acceptors (Lipinski definition) is 7. The molecule has 108 valence electrons. The third-order valence-electron chi connectivity index (χ3n) is 2.52. The Hall–Kier alpha value is -3.23. The van der Waals surface area contributed by atoms with Crippen molar-refractivity contribution in [3.05, 3.63) is 46.4 Å². The lowest BCUT2D eigenvalue weighted by molar-refractivity contribution is -0.385. The van der Waals surface area contributed by atoms with Crippen LogP contribution in [0.15, 0.2) is 30.6 Å².